The molecule has 1 amide bonds. The highest BCUT2D eigenvalue weighted by Gasteiger charge is 2.14. The zero-order valence-corrected chi connectivity index (χ0v) is 11.7. The highest BCUT2D eigenvalue weighted by Crippen LogP contribution is 2.12. The van der Waals surface area contributed by atoms with E-state index in [0.29, 0.717) is 13.0 Å². The summed E-state index contributed by atoms with van der Waals surface area (Å²) in [6, 6.07) is 0. The summed E-state index contributed by atoms with van der Waals surface area (Å²) < 4.78 is 5.05. The Morgan fingerprint density at radius 3 is 2.79 bits per heavy atom. The van der Waals surface area contributed by atoms with Gasteiger partial charge >= 0.3 is 0 Å². The van der Waals surface area contributed by atoms with E-state index in [1.165, 1.54) is 0 Å². The fraction of sp³-hybridized carbons (Fsp3) is 0.692. The molecule has 6 heteroatoms. The van der Waals surface area contributed by atoms with Gasteiger partial charge in [0.05, 0.1) is 12.1 Å². The van der Waals surface area contributed by atoms with Gasteiger partial charge in [-0.1, -0.05) is 5.16 Å². The summed E-state index contributed by atoms with van der Waals surface area (Å²) in [5.41, 5.74) is 1.70. The molecule has 1 fully saturated rings. The molecule has 2 heterocycles. The van der Waals surface area contributed by atoms with Crippen LogP contribution in [-0.4, -0.2) is 55.2 Å². The largest absolute Gasteiger partial charge is 0.361 e. The van der Waals surface area contributed by atoms with E-state index in [1.807, 2.05) is 13.8 Å². The molecule has 0 aromatic carbocycles. The third-order valence-electron chi connectivity index (χ3n) is 3.48. The standard InChI is InChI=1S/C13H22N4O2/c1-10-12(11(2)19-16-10)9-13(18)15-5-8-17-6-3-14-4-7-17/h14H,3-9H2,1-2H3,(H,15,18). The normalized spacial score (nSPS) is 16.5. The van der Waals surface area contributed by atoms with Gasteiger partial charge in [-0.2, -0.15) is 0 Å². The van der Waals surface area contributed by atoms with Gasteiger partial charge in [0.1, 0.15) is 5.76 Å². The Bertz CT molecular complexity index is 405. The number of nitrogens with zero attached hydrogens (tertiary/aromatic N) is 2. The summed E-state index contributed by atoms with van der Waals surface area (Å²) in [5, 5.41) is 10.1. The summed E-state index contributed by atoms with van der Waals surface area (Å²) in [4.78, 5) is 14.2. The molecular weight excluding hydrogens is 244 g/mol. The monoisotopic (exact) mass is 266 g/mol. The van der Waals surface area contributed by atoms with Gasteiger partial charge in [0.25, 0.3) is 0 Å². The highest BCUT2D eigenvalue weighted by atomic mass is 16.5. The SMILES string of the molecule is Cc1noc(C)c1CC(=O)NCCN1CCNCC1. The first-order valence-electron chi connectivity index (χ1n) is 6.78. The number of hydrogen-bond donors (Lipinski definition) is 2. The van der Waals surface area contributed by atoms with Crippen molar-refractivity contribution in [2.24, 2.45) is 0 Å². The molecule has 1 aliphatic rings. The number of rotatable bonds is 5. The Morgan fingerprint density at radius 2 is 2.16 bits per heavy atom. The van der Waals surface area contributed by atoms with Gasteiger partial charge in [0.15, 0.2) is 0 Å². The van der Waals surface area contributed by atoms with Crippen LogP contribution in [0.1, 0.15) is 17.0 Å². The molecule has 0 saturated carbocycles. The van der Waals surface area contributed by atoms with Crippen LogP contribution in [0.3, 0.4) is 0 Å². The summed E-state index contributed by atoms with van der Waals surface area (Å²) in [6.07, 6.45) is 0.350. The number of hydrogen-bond acceptors (Lipinski definition) is 5. The number of amides is 1. The fourth-order valence-electron chi connectivity index (χ4n) is 2.27. The maximum atomic E-state index is 11.8. The minimum absolute atomic E-state index is 0.0320. The van der Waals surface area contributed by atoms with Crippen molar-refractivity contribution in [2.45, 2.75) is 20.3 Å². The van der Waals surface area contributed by atoms with Gasteiger partial charge in [0, 0.05) is 44.8 Å². The summed E-state index contributed by atoms with van der Waals surface area (Å²) in [7, 11) is 0. The van der Waals surface area contributed by atoms with Crippen molar-refractivity contribution >= 4 is 5.91 Å². The van der Waals surface area contributed by atoms with Gasteiger partial charge in [0.2, 0.25) is 5.91 Å². The van der Waals surface area contributed by atoms with E-state index in [9.17, 15) is 4.79 Å². The maximum absolute atomic E-state index is 11.8. The molecule has 19 heavy (non-hydrogen) atoms. The predicted octanol–water partition coefficient (Wildman–Crippen LogP) is -0.145. The van der Waals surface area contributed by atoms with Crippen LogP contribution in [0.25, 0.3) is 0 Å². The molecule has 0 unspecified atom stereocenters. The number of piperazine rings is 1. The molecule has 0 aliphatic carbocycles. The van der Waals surface area contributed by atoms with Gasteiger partial charge < -0.3 is 15.2 Å². The van der Waals surface area contributed by atoms with E-state index in [1.54, 1.807) is 0 Å². The average Bonchev–Trinajstić information content (AvgIpc) is 2.72. The van der Waals surface area contributed by atoms with Crippen molar-refractivity contribution in [2.75, 3.05) is 39.3 Å². The van der Waals surface area contributed by atoms with Gasteiger partial charge in [-0.15, -0.1) is 0 Å². The lowest BCUT2D eigenvalue weighted by Crippen LogP contribution is -2.46. The van der Waals surface area contributed by atoms with Crippen LogP contribution in [-0.2, 0) is 11.2 Å². The molecule has 1 aromatic rings. The number of nitrogens with one attached hydrogen (secondary N) is 2. The first-order valence-corrected chi connectivity index (χ1v) is 6.78. The third-order valence-corrected chi connectivity index (χ3v) is 3.48. The van der Waals surface area contributed by atoms with Gasteiger partial charge in [-0.3, -0.25) is 9.69 Å². The number of carbonyl (C=O) groups is 1. The van der Waals surface area contributed by atoms with E-state index in [2.05, 4.69) is 20.7 Å². The zero-order valence-electron chi connectivity index (χ0n) is 11.7. The van der Waals surface area contributed by atoms with Crippen molar-refractivity contribution in [1.82, 2.24) is 20.7 Å². The smallest absolute Gasteiger partial charge is 0.224 e. The van der Waals surface area contributed by atoms with E-state index in [0.717, 1.165) is 49.7 Å². The lowest BCUT2D eigenvalue weighted by atomic mass is 10.1. The second kappa shape index (κ2) is 6.68. The minimum atomic E-state index is 0.0320. The summed E-state index contributed by atoms with van der Waals surface area (Å²) in [5.74, 6) is 0.763. The Kier molecular flexibility index (Phi) is 4.93. The van der Waals surface area contributed by atoms with Gasteiger partial charge in [-0.25, -0.2) is 0 Å². The topological polar surface area (TPSA) is 70.4 Å². The lowest BCUT2D eigenvalue weighted by Gasteiger charge is -2.27. The number of carbonyl (C=O) groups excluding carboxylic acids is 1. The second-order valence-electron chi connectivity index (χ2n) is 4.92. The number of aryl methyl sites for hydroxylation is 2. The van der Waals surface area contributed by atoms with Crippen LogP contribution in [0.15, 0.2) is 4.52 Å². The van der Waals surface area contributed by atoms with Crippen molar-refractivity contribution in [3.63, 3.8) is 0 Å². The van der Waals surface area contributed by atoms with Crippen molar-refractivity contribution < 1.29 is 9.32 Å². The summed E-state index contributed by atoms with van der Waals surface area (Å²) in [6.45, 7) is 9.49. The molecule has 6 nitrogen and oxygen atoms in total. The molecule has 0 spiro atoms. The van der Waals surface area contributed by atoms with Crippen LogP contribution in [0.2, 0.25) is 0 Å². The summed E-state index contributed by atoms with van der Waals surface area (Å²) >= 11 is 0. The van der Waals surface area contributed by atoms with Crippen molar-refractivity contribution in [1.29, 1.82) is 0 Å². The highest BCUT2D eigenvalue weighted by molar-refractivity contribution is 5.78. The second-order valence-corrected chi connectivity index (χ2v) is 4.92. The molecule has 1 aliphatic heterocycles. The van der Waals surface area contributed by atoms with Crippen molar-refractivity contribution in [3.8, 4) is 0 Å². The molecule has 0 radical (unpaired) electrons. The Hall–Kier alpha value is -1.40. The first kappa shape index (κ1) is 14.0. The van der Waals surface area contributed by atoms with Crippen LogP contribution >= 0.6 is 0 Å². The first-order chi connectivity index (χ1) is 9.16. The predicted molar refractivity (Wildman–Crippen MR) is 72.0 cm³/mol. The molecule has 2 rings (SSSR count). The van der Waals surface area contributed by atoms with Crippen LogP contribution in [0.4, 0.5) is 0 Å². The molecule has 1 saturated heterocycles. The molecule has 106 valence electrons. The Morgan fingerprint density at radius 1 is 1.42 bits per heavy atom. The Labute approximate surface area is 113 Å². The van der Waals surface area contributed by atoms with E-state index >= 15 is 0 Å². The third kappa shape index (κ3) is 4.04. The van der Waals surface area contributed by atoms with E-state index in [4.69, 9.17) is 4.52 Å². The fourth-order valence-corrected chi connectivity index (χ4v) is 2.27. The van der Waals surface area contributed by atoms with Crippen LogP contribution in [0, 0.1) is 13.8 Å². The zero-order chi connectivity index (χ0) is 13.7. The molecule has 1 aromatic heterocycles. The van der Waals surface area contributed by atoms with E-state index < -0.39 is 0 Å². The van der Waals surface area contributed by atoms with E-state index in [-0.39, 0.29) is 5.91 Å². The number of aromatic nitrogens is 1. The molecule has 2 N–H and O–H groups in total. The lowest BCUT2D eigenvalue weighted by molar-refractivity contribution is -0.120. The molecular formula is C13H22N4O2. The van der Waals surface area contributed by atoms with Crippen LogP contribution < -0.4 is 10.6 Å². The van der Waals surface area contributed by atoms with Gasteiger partial charge in [-0.05, 0) is 13.8 Å². The quantitative estimate of drug-likeness (QED) is 0.776. The molecule has 0 bridgehead atoms. The average molecular weight is 266 g/mol. The van der Waals surface area contributed by atoms with Crippen molar-refractivity contribution in [3.05, 3.63) is 17.0 Å². The maximum Gasteiger partial charge on any atom is 0.224 e. The minimum Gasteiger partial charge on any atom is -0.361 e. The van der Waals surface area contributed by atoms with Crippen LogP contribution in [0.5, 0.6) is 0 Å². The Balaban J connectivity index is 1.70. The molecule has 0 atom stereocenters.